The van der Waals surface area contributed by atoms with E-state index >= 15 is 0 Å². The molecule has 0 atom stereocenters. The predicted molar refractivity (Wildman–Crippen MR) is 46.8 cm³/mol. The van der Waals surface area contributed by atoms with E-state index in [4.69, 9.17) is 5.84 Å². The van der Waals surface area contributed by atoms with Gasteiger partial charge in [0.1, 0.15) is 17.7 Å². The first-order chi connectivity index (χ1) is 6.38. The Morgan fingerprint density at radius 1 is 1.54 bits per heavy atom. The van der Waals surface area contributed by atoms with Gasteiger partial charge >= 0.3 is 0 Å². The Morgan fingerprint density at radius 3 is 3.08 bits per heavy atom. The Bertz CT molecular complexity index is 366. The normalized spacial score (nSPS) is 10.2. The molecule has 0 aliphatic heterocycles. The number of hydrazine groups is 1. The zero-order valence-electron chi connectivity index (χ0n) is 6.58. The summed E-state index contributed by atoms with van der Waals surface area (Å²) in [5.41, 5.74) is 2.43. The van der Waals surface area contributed by atoms with Crippen molar-refractivity contribution in [3.05, 3.63) is 17.7 Å². The lowest BCUT2D eigenvalue weighted by Crippen LogP contribution is -2.05. The van der Waals surface area contributed by atoms with E-state index in [1.165, 1.54) is 17.7 Å². The minimum Gasteiger partial charge on any atom is -0.298 e. The second-order valence-corrected chi connectivity index (χ2v) is 3.30. The highest BCUT2D eigenvalue weighted by Crippen LogP contribution is 2.13. The van der Waals surface area contributed by atoms with Crippen LogP contribution in [0.25, 0.3) is 0 Å². The van der Waals surface area contributed by atoms with Gasteiger partial charge in [0.05, 0.1) is 6.54 Å². The summed E-state index contributed by atoms with van der Waals surface area (Å²) in [6, 6.07) is 0. The number of hydrogen-bond acceptors (Lipinski definition) is 7. The van der Waals surface area contributed by atoms with Gasteiger partial charge in [-0.25, -0.2) is 15.5 Å². The second-order valence-electron chi connectivity index (χ2n) is 2.24. The molecule has 8 heteroatoms. The molecule has 7 nitrogen and oxygen atoms in total. The van der Waals surface area contributed by atoms with Crippen molar-refractivity contribution < 1.29 is 0 Å². The molecule has 0 saturated carbocycles. The number of nitrogen functional groups attached to an aromatic ring is 1. The highest BCUT2D eigenvalue weighted by molar-refractivity contribution is 7.15. The maximum absolute atomic E-state index is 5.16. The zero-order valence-corrected chi connectivity index (χ0v) is 7.40. The monoisotopic (exact) mass is 197 g/mol. The van der Waals surface area contributed by atoms with Crippen LogP contribution in [0.15, 0.2) is 12.7 Å². The lowest BCUT2D eigenvalue weighted by molar-refractivity contribution is 0.675. The van der Waals surface area contributed by atoms with Gasteiger partial charge in [0.15, 0.2) is 0 Å². The average molecular weight is 197 g/mol. The molecule has 2 heterocycles. The van der Waals surface area contributed by atoms with Gasteiger partial charge in [-0.05, 0) is 0 Å². The summed E-state index contributed by atoms with van der Waals surface area (Å²) in [7, 11) is 0. The predicted octanol–water partition coefficient (Wildman–Crippen LogP) is -0.537. The summed E-state index contributed by atoms with van der Waals surface area (Å²) in [5, 5.41) is 13.0. The van der Waals surface area contributed by atoms with Gasteiger partial charge in [-0.2, -0.15) is 5.10 Å². The van der Waals surface area contributed by atoms with Crippen LogP contribution in [0.5, 0.6) is 0 Å². The van der Waals surface area contributed by atoms with E-state index in [1.807, 2.05) is 0 Å². The molecule has 0 fully saturated rings. The first-order valence-corrected chi connectivity index (χ1v) is 4.31. The van der Waals surface area contributed by atoms with Crippen molar-refractivity contribution in [3.63, 3.8) is 0 Å². The molecular formula is C5H7N7S. The van der Waals surface area contributed by atoms with Crippen molar-refractivity contribution in [1.29, 1.82) is 0 Å². The van der Waals surface area contributed by atoms with E-state index in [0.717, 1.165) is 5.01 Å². The minimum atomic E-state index is 0.569. The fourth-order valence-electron chi connectivity index (χ4n) is 0.829. The Hall–Kier alpha value is -1.54. The number of nitrogens with two attached hydrogens (primary N) is 1. The number of nitrogens with one attached hydrogen (secondary N) is 1. The third kappa shape index (κ3) is 1.79. The molecule has 0 unspecified atom stereocenters. The van der Waals surface area contributed by atoms with E-state index in [0.29, 0.717) is 11.7 Å². The van der Waals surface area contributed by atoms with E-state index in [-0.39, 0.29) is 0 Å². The summed E-state index contributed by atoms with van der Waals surface area (Å²) in [6.07, 6.45) is 3.10. The molecule has 0 spiro atoms. The van der Waals surface area contributed by atoms with Crippen LogP contribution in [0, 0.1) is 0 Å². The number of aromatic nitrogens is 5. The number of nitrogens with zero attached hydrogens (tertiary/aromatic N) is 5. The third-order valence-electron chi connectivity index (χ3n) is 1.35. The van der Waals surface area contributed by atoms with Crippen molar-refractivity contribution in [2.75, 3.05) is 5.43 Å². The largest absolute Gasteiger partial charge is 0.298 e. The molecule has 0 radical (unpaired) electrons. The molecule has 3 N–H and O–H groups in total. The summed E-state index contributed by atoms with van der Waals surface area (Å²) in [4.78, 5) is 3.81. The van der Waals surface area contributed by atoms with Crippen LogP contribution >= 0.6 is 11.3 Å². The molecule has 13 heavy (non-hydrogen) atoms. The zero-order chi connectivity index (χ0) is 9.10. The van der Waals surface area contributed by atoms with Gasteiger partial charge in [0.2, 0.25) is 5.13 Å². The molecule has 2 aromatic heterocycles. The highest BCUT2D eigenvalue weighted by Gasteiger charge is 2.02. The van der Waals surface area contributed by atoms with Crippen LogP contribution in [0.3, 0.4) is 0 Å². The molecule has 0 saturated heterocycles. The van der Waals surface area contributed by atoms with Crippen LogP contribution < -0.4 is 11.3 Å². The van der Waals surface area contributed by atoms with Crippen LogP contribution in [-0.4, -0.2) is 25.0 Å². The molecule has 0 amide bonds. The lowest BCUT2D eigenvalue weighted by Gasteiger charge is -1.92. The Balaban J connectivity index is 2.10. The quantitative estimate of drug-likeness (QED) is 0.507. The van der Waals surface area contributed by atoms with Gasteiger partial charge in [-0.1, -0.05) is 11.3 Å². The van der Waals surface area contributed by atoms with Crippen LogP contribution in [0.2, 0.25) is 0 Å². The van der Waals surface area contributed by atoms with Gasteiger partial charge < -0.3 is 0 Å². The average Bonchev–Trinajstić information content (AvgIpc) is 2.76. The van der Waals surface area contributed by atoms with Gasteiger partial charge in [-0.15, -0.1) is 10.2 Å². The second kappa shape index (κ2) is 3.46. The van der Waals surface area contributed by atoms with Gasteiger partial charge in [0.25, 0.3) is 0 Å². The molecule has 2 rings (SSSR count). The molecule has 68 valence electrons. The Kier molecular flexibility index (Phi) is 2.15. The van der Waals surface area contributed by atoms with Crippen LogP contribution in [-0.2, 0) is 6.54 Å². The first-order valence-electron chi connectivity index (χ1n) is 3.50. The number of hydrogen-bond donors (Lipinski definition) is 2. The summed E-state index contributed by atoms with van der Waals surface area (Å²) >= 11 is 1.38. The Labute approximate surface area is 77.6 Å². The lowest BCUT2D eigenvalue weighted by atomic mass is 10.7. The van der Waals surface area contributed by atoms with Crippen LogP contribution in [0.4, 0.5) is 5.13 Å². The van der Waals surface area contributed by atoms with Crippen molar-refractivity contribution in [2.24, 2.45) is 5.84 Å². The standard InChI is InChI=1S/C5H7N7S/c6-9-5-11-10-4(13-5)1-12-3-7-2-8-12/h2-3H,1,6H2,(H,9,11). The molecule has 2 aromatic rings. The summed E-state index contributed by atoms with van der Waals surface area (Å²) < 4.78 is 1.67. The summed E-state index contributed by atoms with van der Waals surface area (Å²) in [6.45, 7) is 0.569. The van der Waals surface area contributed by atoms with E-state index in [1.54, 1.807) is 11.0 Å². The Morgan fingerprint density at radius 2 is 2.46 bits per heavy atom. The minimum absolute atomic E-state index is 0.569. The topological polar surface area (TPSA) is 94.5 Å². The van der Waals surface area contributed by atoms with E-state index < -0.39 is 0 Å². The van der Waals surface area contributed by atoms with E-state index in [2.05, 4.69) is 25.7 Å². The molecule has 0 bridgehead atoms. The maximum Gasteiger partial charge on any atom is 0.219 e. The highest BCUT2D eigenvalue weighted by atomic mass is 32.1. The van der Waals surface area contributed by atoms with Crippen molar-refractivity contribution in [2.45, 2.75) is 6.54 Å². The van der Waals surface area contributed by atoms with Crippen molar-refractivity contribution >= 4 is 16.5 Å². The number of anilines is 1. The summed E-state index contributed by atoms with van der Waals surface area (Å²) in [5.74, 6) is 5.16. The SMILES string of the molecule is NNc1nnc(Cn2cncn2)s1. The van der Waals surface area contributed by atoms with Crippen molar-refractivity contribution in [1.82, 2.24) is 25.0 Å². The molecule has 0 aliphatic rings. The molecule has 0 aliphatic carbocycles. The molecular weight excluding hydrogens is 190 g/mol. The third-order valence-corrected chi connectivity index (χ3v) is 2.19. The van der Waals surface area contributed by atoms with Crippen LogP contribution in [0.1, 0.15) is 5.01 Å². The fourth-order valence-corrected chi connectivity index (χ4v) is 1.47. The molecule has 0 aromatic carbocycles. The van der Waals surface area contributed by atoms with E-state index in [9.17, 15) is 0 Å². The number of rotatable bonds is 3. The smallest absolute Gasteiger partial charge is 0.219 e. The van der Waals surface area contributed by atoms with Gasteiger partial charge in [0, 0.05) is 0 Å². The maximum atomic E-state index is 5.16. The van der Waals surface area contributed by atoms with Crippen molar-refractivity contribution in [3.8, 4) is 0 Å². The first kappa shape index (κ1) is 8.08. The fraction of sp³-hybridized carbons (Fsp3) is 0.200. The van der Waals surface area contributed by atoms with Gasteiger partial charge in [-0.3, -0.25) is 5.43 Å².